The zero-order chi connectivity index (χ0) is 13.5. The molecule has 0 saturated carbocycles. The predicted molar refractivity (Wildman–Crippen MR) is 72.2 cm³/mol. The van der Waals surface area contributed by atoms with Crippen molar-refractivity contribution in [3.8, 4) is 11.4 Å². The lowest BCUT2D eigenvalue weighted by Crippen LogP contribution is -2.02. The Kier molecular flexibility index (Phi) is 3.68. The molecule has 0 aliphatic carbocycles. The molecule has 0 amide bonds. The van der Waals surface area contributed by atoms with Crippen molar-refractivity contribution in [2.75, 3.05) is 0 Å². The fourth-order valence-electron chi connectivity index (χ4n) is 1.41. The van der Waals surface area contributed by atoms with Crippen molar-refractivity contribution in [2.45, 2.75) is 5.16 Å². The molecule has 1 heterocycles. The highest BCUT2D eigenvalue weighted by Gasteiger charge is 2.21. The van der Waals surface area contributed by atoms with Crippen LogP contribution in [0.1, 0.15) is 0 Å². The monoisotopic (exact) mass is 369 g/mol. The normalized spacial score (nSPS) is 11.8. The third kappa shape index (κ3) is 2.54. The minimum atomic E-state index is -3.92. The minimum absolute atomic E-state index is 0.307. The zero-order valence-corrected chi connectivity index (χ0v) is 12.8. The topological polar surface area (TPSA) is 64.8 Å². The standard InChI is InChI=1S/C9H6BrCl2N3O2S/c1-15-8(13-14-9(15)18(12,16)17)5-2-3-6(10)7(11)4-5/h2-4H,1H3. The van der Waals surface area contributed by atoms with E-state index in [9.17, 15) is 8.42 Å². The Bertz CT molecular complexity index is 715. The van der Waals surface area contributed by atoms with Gasteiger partial charge >= 0.3 is 0 Å². The molecular weight excluding hydrogens is 365 g/mol. The first kappa shape index (κ1) is 13.8. The number of halogens is 3. The van der Waals surface area contributed by atoms with E-state index in [0.29, 0.717) is 16.4 Å². The number of aromatic nitrogens is 3. The quantitative estimate of drug-likeness (QED) is 0.762. The van der Waals surface area contributed by atoms with Crippen LogP contribution in [-0.4, -0.2) is 23.2 Å². The number of hydrogen-bond acceptors (Lipinski definition) is 4. The maximum Gasteiger partial charge on any atom is 0.296 e. The van der Waals surface area contributed by atoms with Crippen molar-refractivity contribution < 1.29 is 8.42 Å². The van der Waals surface area contributed by atoms with E-state index in [1.165, 1.54) is 11.6 Å². The van der Waals surface area contributed by atoms with Crippen molar-refractivity contribution >= 4 is 47.3 Å². The zero-order valence-electron chi connectivity index (χ0n) is 8.93. The second kappa shape index (κ2) is 4.80. The first-order valence-corrected chi connectivity index (χ1v) is 8.08. The maximum atomic E-state index is 11.2. The third-order valence-electron chi connectivity index (χ3n) is 2.23. The Labute approximate surface area is 121 Å². The van der Waals surface area contributed by atoms with Crippen LogP contribution in [0.3, 0.4) is 0 Å². The lowest BCUT2D eigenvalue weighted by Gasteiger charge is -2.03. The van der Waals surface area contributed by atoms with Crippen molar-refractivity contribution in [2.24, 2.45) is 7.05 Å². The summed E-state index contributed by atoms with van der Waals surface area (Å²) in [5.74, 6) is 0.364. The summed E-state index contributed by atoms with van der Waals surface area (Å²) in [6.07, 6.45) is 0. The SMILES string of the molecule is Cn1c(-c2ccc(Br)c(Cl)c2)nnc1S(=O)(=O)Cl. The van der Waals surface area contributed by atoms with Gasteiger partial charge in [-0.05, 0) is 34.1 Å². The van der Waals surface area contributed by atoms with E-state index in [0.717, 1.165) is 4.47 Å². The summed E-state index contributed by atoms with van der Waals surface area (Å²) < 4.78 is 24.5. The molecule has 9 heteroatoms. The second-order valence-electron chi connectivity index (χ2n) is 3.43. The molecule has 0 atom stereocenters. The molecular formula is C9H6BrCl2N3O2S. The number of nitrogens with zero attached hydrogens (tertiary/aromatic N) is 3. The molecule has 0 unspecified atom stereocenters. The molecule has 0 fully saturated rings. The smallest absolute Gasteiger partial charge is 0.296 e. The lowest BCUT2D eigenvalue weighted by molar-refractivity contribution is 0.593. The van der Waals surface area contributed by atoms with Gasteiger partial charge in [0.15, 0.2) is 5.82 Å². The van der Waals surface area contributed by atoms with Gasteiger partial charge in [-0.25, -0.2) is 8.42 Å². The van der Waals surface area contributed by atoms with Crippen LogP contribution >= 0.6 is 38.2 Å². The Morgan fingerprint density at radius 2 is 2.00 bits per heavy atom. The van der Waals surface area contributed by atoms with Crippen LogP contribution in [0, 0.1) is 0 Å². The predicted octanol–water partition coefficient (Wildman–Crippen LogP) is 2.83. The van der Waals surface area contributed by atoms with E-state index in [1.54, 1.807) is 18.2 Å². The Morgan fingerprint density at radius 3 is 2.50 bits per heavy atom. The van der Waals surface area contributed by atoms with E-state index >= 15 is 0 Å². The van der Waals surface area contributed by atoms with Gasteiger partial charge in [-0.2, -0.15) is 0 Å². The van der Waals surface area contributed by atoms with Crippen LogP contribution in [0.5, 0.6) is 0 Å². The average Bonchev–Trinajstić information content (AvgIpc) is 2.64. The van der Waals surface area contributed by atoms with Crippen molar-refractivity contribution in [1.82, 2.24) is 14.8 Å². The lowest BCUT2D eigenvalue weighted by atomic mass is 10.2. The first-order valence-electron chi connectivity index (χ1n) is 4.60. The Hall–Kier alpha value is -0.630. The van der Waals surface area contributed by atoms with Gasteiger partial charge in [-0.15, -0.1) is 10.2 Å². The van der Waals surface area contributed by atoms with Gasteiger partial charge in [0.25, 0.3) is 14.2 Å². The molecule has 1 aromatic carbocycles. The molecule has 1 aromatic heterocycles. The number of hydrogen-bond donors (Lipinski definition) is 0. The first-order chi connectivity index (χ1) is 8.30. The van der Waals surface area contributed by atoms with Gasteiger partial charge < -0.3 is 0 Å². The van der Waals surface area contributed by atoms with Crippen LogP contribution in [0.4, 0.5) is 0 Å². The van der Waals surface area contributed by atoms with Crippen molar-refractivity contribution in [3.63, 3.8) is 0 Å². The summed E-state index contributed by atoms with van der Waals surface area (Å²) in [6.45, 7) is 0. The number of benzene rings is 1. The summed E-state index contributed by atoms with van der Waals surface area (Å²) in [7, 11) is 2.83. The fraction of sp³-hybridized carbons (Fsp3) is 0.111. The molecule has 0 bridgehead atoms. The Morgan fingerprint density at radius 1 is 1.33 bits per heavy atom. The largest absolute Gasteiger partial charge is 0.300 e. The summed E-state index contributed by atoms with van der Waals surface area (Å²) in [5.41, 5.74) is 0.643. The van der Waals surface area contributed by atoms with E-state index in [2.05, 4.69) is 26.1 Å². The number of rotatable bonds is 2. The highest BCUT2D eigenvalue weighted by Crippen LogP contribution is 2.28. The van der Waals surface area contributed by atoms with Gasteiger partial charge in [0, 0.05) is 27.8 Å². The molecule has 2 rings (SSSR count). The summed E-state index contributed by atoms with van der Waals surface area (Å²) in [5, 5.41) is 7.54. The van der Waals surface area contributed by atoms with Crippen LogP contribution < -0.4 is 0 Å². The molecule has 5 nitrogen and oxygen atoms in total. The fourth-order valence-corrected chi connectivity index (χ4v) is 2.80. The van der Waals surface area contributed by atoms with E-state index in [1.807, 2.05) is 0 Å². The van der Waals surface area contributed by atoms with Gasteiger partial charge in [0.2, 0.25) is 0 Å². The van der Waals surface area contributed by atoms with Crippen LogP contribution in [-0.2, 0) is 16.1 Å². The summed E-state index contributed by atoms with van der Waals surface area (Å²) >= 11 is 9.23. The second-order valence-corrected chi connectivity index (χ2v) is 7.15. The molecule has 18 heavy (non-hydrogen) atoms. The molecule has 0 saturated heterocycles. The molecule has 96 valence electrons. The molecule has 2 aromatic rings. The van der Waals surface area contributed by atoms with Gasteiger partial charge in [0.05, 0.1) is 5.02 Å². The van der Waals surface area contributed by atoms with Gasteiger partial charge in [0.1, 0.15) is 0 Å². The molecule has 0 aliphatic heterocycles. The van der Waals surface area contributed by atoms with Crippen molar-refractivity contribution in [3.05, 3.63) is 27.7 Å². The van der Waals surface area contributed by atoms with E-state index in [-0.39, 0.29) is 5.16 Å². The van der Waals surface area contributed by atoms with Crippen LogP contribution in [0.15, 0.2) is 27.8 Å². The highest BCUT2D eigenvalue weighted by atomic mass is 79.9. The molecule has 0 spiro atoms. The summed E-state index contributed by atoms with van der Waals surface area (Å²) in [6, 6.07) is 5.13. The van der Waals surface area contributed by atoms with E-state index < -0.39 is 9.05 Å². The highest BCUT2D eigenvalue weighted by molar-refractivity contribution is 9.10. The van der Waals surface area contributed by atoms with Gasteiger partial charge in [-0.3, -0.25) is 4.57 Å². The third-order valence-corrected chi connectivity index (χ3v) is 4.67. The molecule has 0 aliphatic rings. The van der Waals surface area contributed by atoms with Crippen LogP contribution in [0.25, 0.3) is 11.4 Å². The Balaban J connectivity index is 2.59. The maximum absolute atomic E-state index is 11.2. The molecule has 0 radical (unpaired) electrons. The van der Waals surface area contributed by atoms with Gasteiger partial charge in [-0.1, -0.05) is 11.6 Å². The average molecular weight is 371 g/mol. The minimum Gasteiger partial charge on any atom is -0.300 e. The summed E-state index contributed by atoms with van der Waals surface area (Å²) in [4.78, 5) is 0. The van der Waals surface area contributed by atoms with Crippen LogP contribution in [0.2, 0.25) is 5.02 Å². The van der Waals surface area contributed by atoms with Crippen molar-refractivity contribution in [1.29, 1.82) is 0 Å². The molecule has 0 N–H and O–H groups in total. The van der Waals surface area contributed by atoms with E-state index in [4.69, 9.17) is 22.3 Å².